The van der Waals surface area contributed by atoms with E-state index < -0.39 is 0 Å². The number of aromatic nitrogens is 2. The number of fused-ring (bicyclic) bond motifs is 1. The van der Waals surface area contributed by atoms with Gasteiger partial charge in [0.05, 0.1) is 28.8 Å². The fraction of sp³-hybridized carbons (Fsp3) is 0.190. The van der Waals surface area contributed by atoms with Crippen LogP contribution in [0.5, 0.6) is 5.75 Å². The maximum atomic E-state index is 13.3. The van der Waals surface area contributed by atoms with Gasteiger partial charge in [-0.2, -0.15) is 5.10 Å². The van der Waals surface area contributed by atoms with Crippen LogP contribution < -0.4 is 15.4 Å². The van der Waals surface area contributed by atoms with Crippen molar-refractivity contribution in [2.45, 2.75) is 19.8 Å². The first-order valence-corrected chi connectivity index (χ1v) is 9.14. The van der Waals surface area contributed by atoms with Crippen molar-refractivity contribution >= 4 is 23.2 Å². The lowest BCUT2D eigenvalue weighted by Gasteiger charge is -2.18. The molecule has 8 heteroatoms. The number of nitrogens with zero attached hydrogens (tertiary/aromatic N) is 2. The first-order chi connectivity index (χ1) is 13.9. The Morgan fingerprint density at radius 1 is 1.24 bits per heavy atom. The molecule has 2 heterocycles. The molecule has 1 aromatic heterocycles. The number of ether oxygens (including phenoxy) is 1. The molecule has 148 valence electrons. The van der Waals surface area contributed by atoms with Crippen molar-refractivity contribution in [3.63, 3.8) is 0 Å². The Kier molecular flexibility index (Phi) is 4.75. The maximum Gasteiger partial charge on any atom is 0.262 e. The minimum atomic E-state index is -0.339. The lowest BCUT2D eigenvalue weighted by Crippen LogP contribution is -2.25. The third-order valence-corrected chi connectivity index (χ3v) is 4.54. The summed E-state index contributed by atoms with van der Waals surface area (Å²) in [6.07, 6.45) is 1.50. The molecule has 0 bridgehead atoms. The van der Waals surface area contributed by atoms with Crippen LogP contribution >= 0.6 is 0 Å². The van der Waals surface area contributed by atoms with Crippen LogP contribution in [0.15, 0.2) is 48.7 Å². The number of nitrogens with one attached hydrogen (secondary N) is 2. The van der Waals surface area contributed by atoms with Crippen molar-refractivity contribution in [1.82, 2.24) is 9.78 Å². The number of hydrogen-bond donors (Lipinski definition) is 2. The van der Waals surface area contributed by atoms with Crippen molar-refractivity contribution in [1.29, 1.82) is 0 Å². The molecule has 0 spiro atoms. The fourth-order valence-corrected chi connectivity index (χ4v) is 3.24. The molecule has 2 amide bonds. The molecular weight excluding hydrogens is 375 g/mol. The second-order valence-electron chi connectivity index (χ2n) is 6.99. The SMILES string of the molecule is CC(C)c1c(C(=O)Nc2ccc3c(c2)NC(=O)CO3)cnn1-c1ccc(F)cc1. The van der Waals surface area contributed by atoms with E-state index in [0.717, 1.165) is 0 Å². The van der Waals surface area contributed by atoms with Crippen LogP contribution in [0.4, 0.5) is 15.8 Å². The van der Waals surface area contributed by atoms with Crippen LogP contribution in [-0.2, 0) is 4.79 Å². The Hall–Kier alpha value is -3.68. The molecule has 3 aromatic rings. The average Bonchev–Trinajstić information content (AvgIpc) is 3.14. The Bertz CT molecular complexity index is 1090. The summed E-state index contributed by atoms with van der Waals surface area (Å²) in [7, 11) is 0. The molecule has 4 rings (SSSR count). The average molecular weight is 394 g/mol. The molecule has 0 saturated carbocycles. The Morgan fingerprint density at radius 2 is 2.00 bits per heavy atom. The van der Waals surface area contributed by atoms with Gasteiger partial charge in [0.15, 0.2) is 6.61 Å². The molecule has 0 atom stereocenters. The third kappa shape index (κ3) is 3.69. The number of amides is 2. The van der Waals surface area contributed by atoms with Crippen molar-refractivity contribution in [2.75, 3.05) is 17.2 Å². The highest BCUT2D eigenvalue weighted by Crippen LogP contribution is 2.31. The summed E-state index contributed by atoms with van der Waals surface area (Å²) in [5.74, 6) is -0.365. The summed E-state index contributed by atoms with van der Waals surface area (Å²) < 4.78 is 20.2. The molecule has 0 saturated heterocycles. The Morgan fingerprint density at radius 3 is 2.72 bits per heavy atom. The predicted molar refractivity (Wildman–Crippen MR) is 106 cm³/mol. The smallest absolute Gasteiger partial charge is 0.262 e. The zero-order valence-electron chi connectivity index (χ0n) is 15.9. The van der Waals surface area contributed by atoms with Gasteiger partial charge in [-0.05, 0) is 48.4 Å². The molecular formula is C21H19FN4O3. The number of halogens is 1. The minimum absolute atomic E-state index is 0.000441. The number of rotatable bonds is 4. The highest BCUT2D eigenvalue weighted by molar-refractivity contribution is 6.06. The minimum Gasteiger partial charge on any atom is -0.482 e. The van der Waals surface area contributed by atoms with E-state index in [0.29, 0.717) is 34.1 Å². The van der Waals surface area contributed by atoms with Crippen LogP contribution in [0.3, 0.4) is 0 Å². The van der Waals surface area contributed by atoms with Gasteiger partial charge in [0.25, 0.3) is 11.8 Å². The van der Waals surface area contributed by atoms with Gasteiger partial charge in [-0.15, -0.1) is 0 Å². The molecule has 2 aromatic carbocycles. The lowest BCUT2D eigenvalue weighted by atomic mass is 10.0. The monoisotopic (exact) mass is 394 g/mol. The zero-order chi connectivity index (χ0) is 20.5. The number of hydrogen-bond acceptors (Lipinski definition) is 4. The summed E-state index contributed by atoms with van der Waals surface area (Å²) in [4.78, 5) is 24.4. The first kappa shape index (κ1) is 18.7. The van der Waals surface area contributed by atoms with Crippen molar-refractivity contribution in [3.8, 4) is 11.4 Å². The number of carbonyl (C=O) groups is 2. The standard InChI is InChI=1S/C21H19FN4O3/c1-12(2)20-16(10-23-26(20)15-6-3-13(22)4-7-15)21(28)24-14-5-8-18-17(9-14)25-19(27)11-29-18/h3-10,12H,11H2,1-2H3,(H,24,28)(H,25,27). The third-order valence-electron chi connectivity index (χ3n) is 4.54. The van der Waals surface area contributed by atoms with Crippen LogP contribution in [0, 0.1) is 5.82 Å². The van der Waals surface area contributed by atoms with Gasteiger partial charge in [0.2, 0.25) is 0 Å². The van der Waals surface area contributed by atoms with E-state index in [1.807, 2.05) is 13.8 Å². The summed E-state index contributed by atoms with van der Waals surface area (Å²) in [5, 5.41) is 9.88. The zero-order valence-corrected chi connectivity index (χ0v) is 15.9. The largest absolute Gasteiger partial charge is 0.482 e. The van der Waals surface area contributed by atoms with Gasteiger partial charge in [-0.1, -0.05) is 13.8 Å². The molecule has 0 unspecified atom stereocenters. The molecule has 1 aliphatic rings. The Labute approximate surface area is 166 Å². The molecule has 7 nitrogen and oxygen atoms in total. The summed E-state index contributed by atoms with van der Waals surface area (Å²) in [5.41, 5.74) is 2.82. The van der Waals surface area contributed by atoms with Gasteiger partial charge < -0.3 is 15.4 Å². The van der Waals surface area contributed by atoms with Crippen LogP contribution in [0.25, 0.3) is 5.69 Å². The van der Waals surface area contributed by atoms with E-state index in [9.17, 15) is 14.0 Å². The van der Waals surface area contributed by atoms with E-state index in [4.69, 9.17) is 4.74 Å². The molecule has 0 radical (unpaired) electrons. The number of carbonyl (C=O) groups excluding carboxylic acids is 2. The molecule has 2 N–H and O–H groups in total. The van der Waals surface area contributed by atoms with Crippen LogP contribution in [0.1, 0.15) is 35.8 Å². The van der Waals surface area contributed by atoms with Gasteiger partial charge in [-0.3, -0.25) is 9.59 Å². The second-order valence-corrected chi connectivity index (χ2v) is 6.99. The van der Waals surface area contributed by atoms with Gasteiger partial charge in [0, 0.05) is 5.69 Å². The summed E-state index contributed by atoms with van der Waals surface area (Å²) in [6, 6.07) is 11.0. The highest BCUT2D eigenvalue weighted by Gasteiger charge is 2.22. The summed E-state index contributed by atoms with van der Waals surface area (Å²) >= 11 is 0. The normalized spacial score (nSPS) is 12.9. The van der Waals surface area contributed by atoms with E-state index in [1.165, 1.54) is 18.3 Å². The van der Waals surface area contributed by atoms with E-state index >= 15 is 0 Å². The topological polar surface area (TPSA) is 85.2 Å². The van der Waals surface area contributed by atoms with Crippen molar-refractivity contribution < 1.29 is 18.7 Å². The molecule has 29 heavy (non-hydrogen) atoms. The van der Waals surface area contributed by atoms with Crippen LogP contribution in [-0.4, -0.2) is 28.2 Å². The first-order valence-electron chi connectivity index (χ1n) is 9.14. The molecule has 0 fully saturated rings. The van der Waals surface area contributed by atoms with E-state index in [-0.39, 0.29) is 30.2 Å². The fourth-order valence-electron chi connectivity index (χ4n) is 3.24. The maximum absolute atomic E-state index is 13.3. The predicted octanol–water partition coefficient (Wildman–Crippen LogP) is 3.72. The van der Waals surface area contributed by atoms with Crippen molar-refractivity contribution in [3.05, 3.63) is 65.7 Å². The van der Waals surface area contributed by atoms with Crippen LogP contribution in [0.2, 0.25) is 0 Å². The quantitative estimate of drug-likeness (QED) is 0.706. The number of anilines is 2. The van der Waals surface area contributed by atoms with Gasteiger partial charge >= 0.3 is 0 Å². The van der Waals surface area contributed by atoms with E-state index in [2.05, 4.69) is 15.7 Å². The molecule has 1 aliphatic heterocycles. The number of benzene rings is 2. The highest BCUT2D eigenvalue weighted by atomic mass is 19.1. The van der Waals surface area contributed by atoms with E-state index in [1.54, 1.807) is 35.0 Å². The second kappa shape index (κ2) is 7.38. The van der Waals surface area contributed by atoms with Gasteiger partial charge in [0.1, 0.15) is 11.6 Å². The Balaban J connectivity index is 1.63. The molecule has 0 aliphatic carbocycles. The van der Waals surface area contributed by atoms with Gasteiger partial charge in [-0.25, -0.2) is 9.07 Å². The summed E-state index contributed by atoms with van der Waals surface area (Å²) in [6.45, 7) is 3.89. The lowest BCUT2D eigenvalue weighted by molar-refractivity contribution is -0.118. The van der Waals surface area contributed by atoms with Crippen molar-refractivity contribution in [2.24, 2.45) is 0 Å².